The topological polar surface area (TPSA) is 37.4 Å². The Morgan fingerprint density at radius 3 is 3.22 bits per heavy atom. The van der Waals surface area contributed by atoms with Crippen LogP contribution in [0.2, 0.25) is 0 Å². The van der Waals surface area contributed by atoms with Crippen molar-refractivity contribution in [3.63, 3.8) is 0 Å². The molecule has 4 heteroatoms. The van der Waals surface area contributed by atoms with Gasteiger partial charge in [-0.3, -0.25) is 9.88 Å². The van der Waals surface area contributed by atoms with Gasteiger partial charge in [0.1, 0.15) is 0 Å². The smallest absolute Gasteiger partial charge is 0.0702 e. The van der Waals surface area contributed by atoms with Crippen LogP contribution < -0.4 is 5.32 Å². The first-order valence-electron chi connectivity index (χ1n) is 6.78. The van der Waals surface area contributed by atoms with Gasteiger partial charge in [0.25, 0.3) is 0 Å². The molecule has 0 amide bonds. The molecule has 1 fully saturated rings. The van der Waals surface area contributed by atoms with Gasteiger partial charge in [-0.1, -0.05) is 0 Å². The van der Waals surface area contributed by atoms with Crippen LogP contribution in [-0.2, 0) is 11.3 Å². The Morgan fingerprint density at radius 2 is 2.44 bits per heavy atom. The second kappa shape index (κ2) is 6.71. The van der Waals surface area contributed by atoms with Crippen molar-refractivity contribution in [1.29, 1.82) is 0 Å². The van der Waals surface area contributed by atoms with E-state index >= 15 is 0 Å². The average Bonchev–Trinajstić information content (AvgIpc) is 2.40. The van der Waals surface area contributed by atoms with Crippen LogP contribution in [0.1, 0.15) is 25.5 Å². The number of hydrogen-bond acceptors (Lipinski definition) is 4. The number of hydrogen-bond donors (Lipinski definition) is 1. The molecule has 1 saturated heterocycles. The molecule has 0 saturated carbocycles. The minimum Gasteiger partial charge on any atom is -0.388 e. The number of piperidine rings is 1. The number of nitrogens with zero attached hydrogens (tertiary/aromatic N) is 2. The summed E-state index contributed by atoms with van der Waals surface area (Å²) in [7, 11) is 1.94. The normalized spacial score (nSPS) is 20.9. The minimum absolute atomic E-state index is 0.399. The summed E-state index contributed by atoms with van der Waals surface area (Å²) in [6.45, 7) is 5.97. The lowest BCUT2D eigenvalue weighted by atomic mass is 10.1. The van der Waals surface area contributed by atoms with Gasteiger partial charge in [-0.2, -0.15) is 0 Å². The fourth-order valence-corrected chi connectivity index (χ4v) is 2.48. The zero-order chi connectivity index (χ0) is 12.8. The van der Waals surface area contributed by atoms with Crippen LogP contribution in [0.3, 0.4) is 0 Å². The summed E-state index contributed by atoms with van der Waals surface area (Å²) >= 11 is 0. The molecule has 0 aromatic carbocycles. The van der Waals surface area contributed by atoms with E-state index in [1.165, 1.54) is 12.8 Å². The first kappa shape index (κ1) is 13.3. The fourth-order valence-electron chi connectivity index (χ4n) is 2.48. The van der Waals surface area contributed by atoms with Gasteiger partial charge in [0.15, 0.2) is 0 Å². The number of aromatic nitrogens is 1. The van der Waals surface area contributed by atoms with E-state index in [-0.39, 0.29) is 0 Å². The summed E-state index contributed by atoms with van der Waals surface area (Å²) in [5, 5.41) is 3.15. The van der Waals surface area contributed by atoms with Crippen molar-refractivity contribution in [2.45, 2.75) is 32.4 Å². The maximum atomic E-state index is 5.72. The molecule has 0 bridgehead atoms. The van der Waals surface area contributed by atoms with Crippen LogP contribution in [0.25, 0.3) is 0 Å². The summed E-state index contributed by atoms with van der Waals surface area (Å²) in [5.74, 6) is 0. The number of ether oxygens (including phenoxy) is 1. The van der Waals surface area contributed by atoms with Crippen LogP contribution in [0.15, 0.2) is 18.3 Å². The summed E-state index contributed by atoms with van der Waals surface area (Å²) in [5.41, 5.74) is 2.25. The lowest BCUT2D eigenvalue weighted by Crippen LogP contribution is -2.39. The zero-order valence-corrected chi connectivity index (χ0v) is 11.4. The van der Waals surface area contributed by atoms with E-state index in [9.17, 15) is 0 Å². The van der Waals surface area contributed by atoms with Gasteiger partial charge in [0.2, 0.25) is 0 Å². The molecule has 1 aromatic rings. The first-order valence-corrected chi connectivity index (χ1v) is 6.78. The molecule has 1 aliphatic heterocycles. The van der Waals surface area contributed by atoms with Crippen molar-refractivity contribution in [1.82, 2.24) is 9.88 Å². The SMILES string of the molecule is CCOC1CCCN(Cc2cc(NC)ccn2)C1. The number of pyridine rings is 1. The minimum atomic E-state index is 0.399. The molecule has 1 atom stereocenters. The van der Waals surface area contributed by atoms with Gasteiger partial charge in [0, 0.05) is 38.6 Å². The molecule has 0 radical (unpaired) electrons. The Hall–Kier alpha value is -1.13. The molecule has 1 aliphatic rings. The maximum Gasteiger partial charge on any atom is 0.0702 e. The van der Waals surface area contributed by atoms with Gasteiger partial charge in [-0.15, -0.1) is 0 Å². The molecule has 0 spiro atoms. The third-order valence-electron chi connectivity index (χ3n) is 3.36. The van der Waals surface area contributed by atoms with E-state index in [4.69, 9.17) is 4.74 Å². The Bertz CT molecular complexity index is 368. The molecule has 100 valence electrons. The number of likely N-dealkylation sites (tertiary alicyclic amines) is 1. The highest BCUT2D eigenvalue weighted by Gasteiger charge is 2.20. The van der Waals surface area contributed by atoms with E-state index in [1.807, 2.05) is 19.3 Å². The van der Waals surface area contributed by atoms with Crippen molar-refractivity contribution in [3.05, 3.63) is 24.0 Å². The van der Waals surface area contributed by atoms with Gasteiger partial charge in [0.05, 0.1) is 11.8 Å². The van der Waals surface area contributed by atoms with E-state index in [0.717, 1.165) is 37.6 Å². The van der Waals surface area contributed by atoms with E-state index in [1.54, 1.807) is 0 Å². The summed E-state index contributed by atoms with van der Waals surface area (Å²) < 4.78 is 5.72. The van der Waals surface area contributed by atoms with Gasteiger partial charge >= 0.3 is 0 Å². The standard InChI is InChI=1S/C14H23N3O/c1-3-18-14-5-4-8-17(11-14)10-13-9-12(15-2)6-7-16-13/h6-7,9,14H,3-5,8,10-11H2,1-2H3,(H,15,16). The zero-order valence-electron chi connectivity index (χ0n) is 11.4. The number of anilines is 1. The Kier molecular flexibility index (Phi) is 4.96. The molecule has 4 nitrogen and oxygen atoms in total. The van der Waals surface area contributed by atoms with Crippen LogP contribution in [0.4, 0.5) is 5.69 Å². The van der Waals surface area contributed by atoms with Crippen LogP contribution in [0, 0.1) is 0 Å². The van der Waals surface area contributed by atoms with Crippen LogP contribution in [-0.4, -0.2) is 42.7 Å². The Labute approximate surface area is 109 Å². The van der Waals surface area contributed by atoms with Crippen molar-refractivity contribution < 1.29 is 4.74 Å². The summed E-state index contributed by atoms with van der Waals surface area (Å²) in [6.07, 6.45) is 4.67. The highest BCUT2D eigenvalue weighted by Crippen LogP contribution is 2.16. The predicted octanol–water partition coefficient (Wildman–Crippen LogP) is 2.12. The average molecular weight is 249 g/mol. The second-order valence-electron chi connectivity index (χ2n) is 4.74. The molecular weight excluding hydrogens is 226 g/mol. The summed E-state index contributed by atoms with van der Waals surface area (Å²) in [6, 6.07) is 4.10. The largest absolute Gasteiger partial charge is 0.388 e. The van der Waals surface area contributed by atoms with Gasteiger partial charge in [-0.25, -0.2) is 0 Å². The molecule has 1 unspecified atom stereocenters. The van der Waals surface area contributed by atoms with Crippen LogP contribution in [0.5, 0.6) is 0 Å². The van der Waals surface area contributed by atoms with Crippen molar-refractivity contribution in [2.75, 3.05) is 32.1 Å². The van der Waals surface area contributed by atoms with E-state index < -0.39 is 0 Å². The molecule has 2 rings (SSSR count). The third-order valence-corrected chi connectivity index (χ3v) is 3.36. The van der Waals surface area contributed by atoms with E-state index in [0.29, 0.717) is 6.10 Å². The van der Waals surface area contributed by atoms with Gasteiger partial charge < -0.3 is 10.1 Å². The highest BCUT2D eigenvalue weighted by atomic mass is 16.5. The molecule has 1 N–H and O–H groups in total. The molecule has 18 heavy (non-hydrogen) atoms. The molecule has 2 heterocycles. The molecule has 0 aliphatic carbocycles. The lowest BCUT2D eigenvalue weighted by Gasteiger charge is -2.32. The first-order chi connectivity index (χ1) is 8.81. The maximum absolute atomic E-state index is 5.72. The van der Waals surface area contributed by atoms with Crippen molar-refractivity contribution in [2.24, 2.45) is 0 Å². The van der Waals surface area contributed by atoms with Gasteiger partial charge in [-0.05, 0) is 38.4 Å². The van der Waals surface area contributed by atoms with E-state index in [2.05, 4.69) is 28.2 Å². The Balaban J connectivity index is 1.91. The molecule has 1 aromatic heterocycles. The quantitative estimate of drug-likeness (QED) is 0.867. The predicted molar refractivity (Wildman–Crippen MR) is 73.7 cm³/mol. The third kappa shape index (κ3) is 3.68. The highest BCUT2D eigenvalue weighted by molar-refractivity contribution is 5.42. The monoisotopic (exact) mass is 249 g/mol. The van der Waals surface area contributed by atoms with Crippen molar-refractivity contribution in [3.8, 4) is 0 Å². The lowest BCUT2D eigenvalue weighted by molar-refractivity contribution is 0.00332. The van der Waals surface area contributed by atoms with Crippen molar-refractivity contribution >= 4 is 5.69 Å². The van der Waals surface area contributed by atoms with Crippen LogP contribution >= 0.6 is 0 Å². The summed E-state index contributed by atoms with van der Waals surface area (Å²) in [4.78, 5) is 6.87. The Morgan fingerprint density at radius 1 is 1.56 bits per heavy atom. The fraction of sp³-hybridized carbons (Fsp3) is 0.643. The number of nitrogens with one attached hydrogen (secondary N) is 1. The number of rotatable bonds is 5. The second-order valence-corrected chi connectivity index (χ2v) is 4.74. The molecular formula is C14H23N3O.